The number of quaternary nitrogens is 1. The molecule has 0 saturated heterocycles. The highest BCUT2D eigenvalue weighted by Gasteiger charge is 2.15. The third kappa shape index (κ3) is 10.9. The van der Waals surface area contributed by atoms with E-state index in [1.165, 1.54) is 32.1 Å². The van der Waals surface area contributed by atoms with E-state index in [-0.39, 0.29) is 22.7 Å². The molecule has 0 unspecified atom stereocenters. The Kier molecular flexibility index (Phi) is 12.9. The zero-order valence-corrected chi connectivity index (χ0v) is 19.7. The Morgan fingerprint density at radius 3 is 2.00 bits per heavy atom. The number of benzene rings is 1. The van der Waals surface area contributed by atoms with Gasteiger partial charge in [0.1, 0.15) is 12.2 Å². The lowest BCUT2D eigenvalue weighted by atomic mass is 10.1. The number of rotatable bonds is 14. The van der Waals surface area contributed by atoms with E-state index < -0.39 is 10.0 Å². The van der Waals surface area contributed by atoms with Crippen molar-refractivity contribution in [2.75, 3.05) is 26.4 Å². The molecule has 6 heteroatoms. The number of sulfonamides is 1. The van der Waals surface area contributed by atoms with Gasteiger partial charge in [0.15, 0.2) is 0 Å². The maximum Gasteiger partial charge on any atom is 0.132 e. The molecule has 0 radical (unpaired) electrons. The Morgan fingerprint density at radius 2 is 1.48 bits per heavy atom. The molecule has 1 aromatic rings. The van der Waals surface area contributed by atoms with Crippen molar-refractivity contribution in [1.82, 2.24) is 4.48 Å². The molecule has 0 saturated carbocycles. The van der Waals surface area contributed by atoms with Crippen molar-refractivity contribution in [1.29, 1.82) is 0 Å². The summed E-state index contributed by atoms with van der Waals surface area (Å²) in [6.45, 7) is 6.81. The van der Waals surface area contributed by atoms with E-state index in [1.54, 1.807) is 12.1 Å². The van der Waals surface area contributed by atoms with Crippen LogP contribution in [-0.4, -0.2) is 34.8 Å². The fourth-order valence-electron chi connectivity index (χ4n) is 2.97. The molecule has 0 spiro atoms. The van der Waals surface area contributed by atoms with Gasteiger partial charge >= 0.3 is 0 Å². The Morgan fingerprint density at radius 1 is 0.963 bits per heavy atom. The first-order valence-electron chi connectivity index (χ1n) is 9.81. The molecule has 0 aliphatic heterocycles. The van der Waals surface area contributed by atoms with Crippen molar-refractivity contribution < 1.29 is 8.42 Å². The second-order valence-electron chi connectivity index (χ2n) is 7.52. The van der Waals surface area contributed by atoms with Crippen molar-refractivity contribution in [3.8, 4) is 0 Å². The van der Waals surface area contributed by atoms with E-state index in [4.69, 9.17) is 0 Å². The SMILES string of the molecule is Br.C=CC[N+](C)(C)c1ccc([N-]S(=O)(=O)CCCCCCCCCC)cc1. The molecule has 0 amide bonds. The van der Waals surface area contributed by atoms with Crippen LogP contribution in [0.25, 0.3) is 4.72 Å². The van der Waals surface area contributed by atoms with Gasteiger partial charge in [-0.25, -0.2) is 8.42 Å². The lowest BCUT2D eigenvalue weighted by molar-refractivity contribution is 0.442. The summed E-state index contributed by atoms with van der Waals surface area (Å²) in [6.07, 6.45) is 11.0. The summed E-state index contributed by atoms with van der Waals surface area (Å²) in [6, 6.07) is 7.44. The first-order chi connectivity index (χ1) is 12.3. The number of nitrogens with zero attached hydrogens (tertiary/aromatic N) is 2. The van der Waals surface area contributed by atoms with Gasteiger partial charge in [-0.3, -0.25) is 4.48 Å². The Balaban J connectivity index is 0.00000676. The van der Waals surface area contributed by atoms with Crippen LogP contribution in [0, 0.1) is 0 Å². The van der Waals surface area contributed by atoms with Gasteiger partial charge in [0.05, 0.1) is 24.1 Å². The van der Waals surface area contributed by atoms with Gasteiger partial charge in [0.25, 0.3) is 0 Å². The van der Waals surface area contributed by atoms with Crippen LogP contribution in [0.1, 0.15) is 58.3 Å². The van der Waals surface area contributed by atoms with Crippen LogP contribution in [0.15, 0.2) is 36.9 Å². The molecule has 1 aromatic carbocycles. The van der Waals surface area contributed by atoms with E-state index >= 15 is 0 Å². The fourth-order valence-corrected chi connectivity index (χ4v) is 4.07. The van der Waals surface area contributed by atoms with Crippen molar-refractivity contribution in [2.45, 2.75) is 58.3 Å². The number of hydrogen-bond donors (Lipinski definition) is 0. The maximum atomic E-state index is 12.2. The Labute approximate surface area is 177 Å². The van der Waals surface area contributed by atoms with Gasteiger partial charge < -0.3 is 4.72 Å². The lowest BCUT2D eigenvalue weighted by Gasteiger charge is -2.29. The van der Waals surface area contributed by atoms with Crippen LogP contribution in [0.2, 0.25) is 0 Å². The van der Waals surface area contributed by atoms with Crippen molar-refractivity contribution in [3.05, 3.63) is 41.6 Å². The van der Waals surface area contributed by atoms with E-state index in [0.29, 0.717) is 16.6 Å². The summed E-state index contributed by atoms with van der Waals surface area (Å²) >= 11 is 0. The number of likely N-dealkylation sites (N-methyl/N-ethyl adjacent to an activating group) is 1. The maximum absolute atomic E-state index is 12.2. The summed E-state index contributed by atoms with van der Waals surface area (Å²) in [5.41, 5.74) is 1.61. The first kappa shape index (κ1) is 26.1. The molecule has 0 aromatic heterocycles. The molecule has 0 aliphatic rings. The Hall–Kier alpha value is -0.850. The third-order valence-electron chi connectivity index (χ3n) is 4.63. The second kappa shape index (κ2) is 13.3. The van der Waals surface area contributed by atoms with Gasteiger partial charge in [0, 0.05) is 5.75 Å². The van der Waals surface area contributed by atoms with Gasteiger partial charge in [-0.1, -0.05) is 70.6 Å². The zero-order chi connectivity index (χ0) is 19.5. The molecule has 0 atom stereocenters. The average Bonchev–Trinajstić information content (AvgIpc) is 2.57. The van der Waals surface area contributed by atoms with E-state index in [9.17, 15) is 8.42 Å². The molecule has 1 rings (SSSR count). The molecular weight excluding hydrogens is 424 g/mol. The van der Waals surface area contributed by atoms with Gasteiger partial charge in [-0.05, 0) is 24.6 Å². The minimum atomic E-state index is -3.39. The second-order valence-corrected chi connectivity index (χ2v) is 9.28. The number of unbranched alkanes of at least 4 members (excludes halogenated alkanes) is 7. The predicted molar refractivity (Wildman–Crippen MR) is 125 cm³/mol. The average molecular weight is 462 g/mol. The summed E-state index contributed by atoms with van der Waals surface area (Å²) in [4.78, 5) is 0. The minimum absolute atomic E-state index is 0. The lowest BCUT2D eigenvalue weighted by Crippen LogP contribution is -2.40. The Bertz CT molecular complexity index is 628. The van der Waals surface area contributed by atoms with Crippen molar-refractivity contribution in [2.24, 2.45) is 0 Å². The molecule has 0 fully saturated rings. The van der Waals surface area contributed by atoms with Crippen molar-refractivity contribution >= 4 is 38.4 Å². The molecule has 0 heterocycles. The number of hydrogen-bond acceptors (Lipinski definition) is 2. The highest BCUT2D eigenvalue weighted by Crippen LogP contribution is 2.28. The molecule has 156 valence electrons. The standard InChI is InChI=1S/C21H36N2O2S.BrH/c1-5-7-8-9-10-11-12-13-19-26(24,25)22-20-14-16-21(17-15-20)23(3,4)18-6-2;/h6,14-17H,2,5,7-13,18-19H2,1,3-4H3;1H. The van der Waals surface area contributed by atoms with Gasteiger partial charge in [-0.2, -0.15) is 0 Å². The fraction of sp³-hybridized carbons (Fsp3) is 0.619. The topological polar surface area (TPSA) is 48.2 Å². The van der Waals surface area contributed by atoms with Crippen LogP contribution < -0.4 is 4.48 Å². The molecular formula is C21H37BrN2O2S. The van der Waals surface area contributed by atoms with E-state index in [2.05, 4.69) is 32.3 Å². The van der Waals surface area contributed by atoms with E-state index in [0.717, 1.165) is 25.1 Å². The summed E-state index contributed by atoms with van der Waals surface area (Å²) in [5, 5.41) is 0. The molecule has 0 aliphatic carbocycles. The normalized spacial score (nSPS) is 11.7. The number of halogens is 1. The monoisotopic (exact) mass is 460 g/mol. The van der Waals surface area contributed by atoms with Gasteiger partial charge in [0.2, 0.25) is 0 Å². The highest BCUT2D eigenvalue weighted by molar-refractivity contribution is 8.93. The molecule has 27 heavy (non-hydrogen) atoms. The van der Waals surface area contributed by atoms with Crippen LogP contribution in [0.4, 0.5) is 11.4 Å². The molecule has 4 nitrogen and oxygen atoms in total. The quantitative estimate of drug-likeness (QED) is 0.181. The van der Waals surface area contributed by atoms with E-state index in [1.807, 2.05) is 18.2 Å². The van der Waals surface area contributed by atoms with Crippen LogP contribution in [-0.2, 0) is 10.0 Å². The largest absolute Gasteiger partial charge is 0.577 e. The van der Waals surface area contributed by atoms with Gasteiger partial charge in [-0.15, -0.1) is 22.7 Å². The zero-order valence-electron chi connectivity index (χ0n) is 17.2. The predicted octanol–water partition coefficient (Wildman–Crippen LogP) is 6.49. The van der Waals surface area contributed by atoms with Crippen LogP contribution >= 0.6 is 17.0 Å². The summed E-state index contributed by atoms with van der Waals surface area (Å²) < 4.78 is 29.0. The van der Waals surface area contributed by atoms with Crippen LogP contribution in [0.5, 0.6) is 0 Å². The summed E-state index contributed by atoms with van der Waals surface area (Å²) in [5.74, 6) is 0.141. The first-order valence-corrected chi connectivity index (χ1v) is 11.4. The third-order valence-corrected chi connectivity index (χ3v) is 5.93. The smallest absolute Gasteiger partial charge is 0.132 e. The highest BCUT2D eigenvalue weighted by atomic mass is 79.9. The van der Waals surface area contributed by atoms with Crippen molar-refractivity contribution in [3.63, 3.8) is 0 Å². The molecule has 0 bridgehead atoms. The summed E-state index contributed by atoms with van der Waals surface area (Å²) in [7, 11) is 0.789. The van der Waals surface area contributed by atoms with Crippen LogP contribution in [0.3, 0.4) is 0 Å². The molecule has 0 N–H and O–H groups in total. The minimum Gasteiger partial charge on any atom is -0.577 e.